The topological polar surface area (TPSA) is 21.3 Å². The fourth-order valence-electron chi connectivity index (χ4n) is 3.84. The van der Waals surface area contributed by atoms with Gasteiger partial charge in [0.25, 0.3) is 0 Å². The standard InChI is InChI=1S/C16H23NOS/c1-2-12-9-13-15(19-12)5-8-18-16(13)6-7-17-14(10-16)11-3-4-11/h9,11,14,17H,2-8,10H2,1H3. The zero-order valence-electron chi connectivity index (χ0n) is 11.7. The zero-order valence-corrected chi connectivity index (χ0v) is 12.5. The van der Waals surface area contributed by atoms with Crippen LogP contribution in [0.5, 0.6) is 0 Å². The summed E-state index contributed by atoms with van der Waals surface area (Å²) in [7, 11) is 0. The van der Waals surface area contributed by atoms with Crippen LogP contribution in [0.1, 0.15) is 47.9 Å². The minimum atomic E-state index is 0.0516. The van der Waals surface area contributed by atoms with Gasteiger partial charge in [0.05, 0.1) is 12.2 Å². The molecular formula is C16H23NOS. The number of hydrogen-bond donors (Lipinski definition) is 1. The molecule has 2 nitrogen and oxygen atoms in total. The summed E-state index contributed by atoms with van der Waals surface area (Å²) >= 11 is 2.03. The second kappa shape index (κ2) is 4.57. The summed E-state index contributed by atoms with van der Waals surface area (Å²) in [5.74, 6) is 0.926. The quantitative estimate of drug-likeness (QED) is 0.896. The third-order valence-electron chi connectivity index (χ3n) is 5.08. The molecule has 1 spiro atoms. The van der Waals surface area contributed by atoms with E-state index in [0.29, 0.717) is 6.04 Å². The van der Waals surface area contributed by atoms with Gasteiger partial charge in [0.15, 0.2) is 0 Å². The van der Waals surface area contributed by atoms with Crippen LogP contribution < -0.4 is 5.32 Å². The summed E-state index contributed by atoms with van der Waals surface area (Å²) in [6.45, 7) is 4.31. The van der Waals surface area contributed by atoms with Crippen molar-refractivity contribution in [2.24, 2.45) is 5.92 Å². The van der Waals surface area contributed by atoms with Gasteiger partial charge in [-0.25, -0.2) is 0 Å². The molecular weight excluding hydrogens is 254 g/mol. The SMILES string of the molecule is CCc1cc2c(s1)CCOC21CCNC(C2CC2)C1. The zero-order chi connectivity index (χ0) is 12.9. The van der Waals surface area contributed by atoms with Gasteiger partial charge < -0.3 is 10.1 Å². The highest BCUT2D eigenvalue weighted by Crippen LogP contribution is 2.48. The van der Waals surface area contributed by atoms with Crippen molar-refractivity contribution >= 4 is 11.3 Å². The number of piperidine rings is 1. The van der Waals surface area contributed by atoms with Crippen molar-refractivity contribution < 1.29 is 4.74 Å². The summed E-state index contributed by atoms with van der Waals surface area (Å²) < 4.78 is 6.37. The number of hydrogen-bond acceptors (Lipinski definition) is 3. The molecule has 2 unspecified atom stereocenters. The lowest BCUT2D eigenvalue weighted by atomic mass is 9.78. The van der Waals surface area contributed by atoms with Crippen molar-refractivity contribution in [3.63, 3.8) is 0 Å². The Morgan fingerprint density at radius 1 is 1.47 bits per heavy atom. The van der Waals surface area contributed by atoms with Crippen LogP contribution in [-0.4, -0.2) is 19.2 Å². The Morgan fingerprint density at radius 3 is 3.16 bits per heavy atom. The molecule has 104 valence electrons. The molecule has 0 aromatic carbocycles. The van der Waals surface area contributed by atoms with Crippen LogP contribution in [0.15, 0.2) is 6.07 Å². The Hall–Kier alpha value is -0.380. The van der Waals surface area contributed by atoms with Gasteiger partial charge in [-0.2, -0.15) is 0 Å². The van der Waals surface area contributed by atoms with E-state index in [4.69, 9.17) is 4.74 Å². The average molecular weight is 277 g/mol. The van der Waals surface area contributed by atoms with Crippen LogP contribution in [0.2, 0.25) is 0 Å². The Kier molecular flexibility index (Phi) is 2.98. The van der Waals surface area contributed by atoms with Gasteiger partial charge in [0.2, 0.25) is 0 Å². The first-order chi connectivity index (χ1) is 9.31. The van der Waals surface area contributed by atoms with Crippen molar-refractivity contribution in [2.75, 3.05) is 13.2 Å². The van der Waals surface area contributed by atoms with E-state index in [2.05, 4.69) is 18.3 Å². The first-order valence-corrected chi connectivity index (χ1v) is 8.62. The molecule has 3 heterocycles. The van der Waals surface area contributed by atoms with Crippen molar-refractivity contribution in [2.45, 2.75) is 57.1 Å². The lowest BCUT2D eigenvalue weighted by molar-refractivity contribution is -0.0902. The van der Waals surface area contributed by atoms with Crippen LogP contribution in [-0.2, 0) is 23.2 Å². The second-order valence-electron chi connectivity index (χ2n) is 6.35. The van der Waals surface area contributed by atoms with Crippen molar-refractivity contribution in [1.82, 2.24) is 5.32 Å². The van der Waals surface area contributed by atoms with Crippen LogP contribution >= 0.6 is 11.3 Å². The fourth-order valence-corrected chi connectivity index (χ4v) is 5.02. The second-order valence-corrected chi connectivity index (χ2v) is 7.57. The summed E-state index contributed by atoms with van der Waals surface area (Å²) in [4.78, 5) is 3.15. The van der Waals surface area contributed by atoms with Gasteiger partial charge in [-0.05, 0) is 56.2 Å². The maximum Gasteiger partial charge on any atom is 0.0969 e. The van der Waals surface area contributed by atoms with E-state index < -0.39 is 0 Å². The first kappa shape index (κ1) is 12.4. The molecule has 3 heteroatoms. The maximum absolute atomic E-state index is 6.37. The Balaban J connectivity index is 1.68. The largest absolute Gasteiger partial charge is 0.370 e. The Morgan fingerprint density at radius 2 is 2.37 bits per heavy atom. The highest BCUT2D eigenvalue weighted by Gasteiger charge is 2.46. The predicted octanol–water partition coefficient (Wildman–Crippen LogP) is 3.24. The van der Waals surface area contributed by atoms with Crippen LogP contribution in [0, 0.1) is 5.92 Å². The molecule has 1 N–H and O–H groups in total. The van der Waals surface area contributed by atoms with Gasteiger partial charge in [-0.3, -0.25) is 0 Å². The molecule has 2 atom stereocenters. The van der Waals surface area contributed by atoms with Gasteiger partial charge >= 0.3 is 0 Å². The Labute approximate surface area is 119 Å². The molecule has 19 heavy (non-hydrogen) atoms. The molecule has 0 amide bonds. The number of ether oxygens (including phenoxy) is 1. The molecule has 3 aliphatic rings. The van der Waals surface area contributed by atoms with E-state index in [1.807, 2.05) is 11.3 Å². The molecule has 0 radical (unpaired) electrons. The third kappa shape index (κ3) is 2.07. The lowest BCUT2D eigenvalue weighted by Crippen LogP contribution is -2.50. The molecule has 1 aliphatic carbocycles. The predicted molar refractivity (Wildman–Crippen MR) is 78.8 cm³/mol. The van der Waals surface area contributed by atoms with E-state index in [0.717, 1.165) is 38.3 Å². The number of rotatable bonds is 2. The highest BCUT2D eigenvalue weighted by molar-refractivity contribution is 7.12. The van der Waals surface area contributed by atoms with E-state index in [9.17, 15) is 0 Å². The lowest BCUT2D eigenvalue weighted by Gasteiger charge is -2.44. The number of thiophene rings is 1. The van der Waals surface area contributed by atoms with E-state index in [1.54, 1.807) is 10.4 Å². The molecule has 1 aromatic heterocycles. The number of fused-ring (bicyclic) bond motifs is 2. The molecule has 0 bridgehead atoms. The van der Waals surface area contributed by atoms with Gasteiger partial charge in [-0.15, -0.1) is 11.3 Å². The monoisotopic (exact) mass is 277 g/mol. The summed E-state index contributed by atoms with van der Waals surface area (Å²) in [5.41, 5.74) is 1.60. The molecule has 2 fully saturated rings. The van der Waals surface area contributed by atoms with E-state index in [1.165, 1.54) is 24.1 Å². The number of aryl methyl sites for hydroxylation is 1. The van der Waals surface area contributed by atoms with E-state index >= 15 is 0 Å². The van der Waals surface area contributed by atoms with Crippen molar-refractivity contribution in [3.05, 3.63) is 21.4 Å². The Bertz CT molecular complexity index is 479. The van der Waals surface area contributed by atoms with Crippen LogP contribution in [0.25, 0.3) is 0 Å². The summed E-state index contributed by atoms with van der Waals surface area (Å²) in [6, 6.07) is 3.15. The molecule has 2 aliphatic heterocycles. The third-order valence-corrected chi connectivity index (χ3v) is 6.42. The van der Waals surface area contributed by atoms with Crippen molar-refractivity contribution in [1.29, 1.82) is 0 Å². The number of nitrogens with one attached hydrogen (secondary N) is 1. The molecule has 4 rings (SSSR count). The first-order valence-electron chi connectivity index (χ1n) is 7.80. The maximum atomic E-state index is 6.37. The van der Waals surface area contributed by atoms with Gasteiger partial charge in [0.1, 0.15) is 0 Å². The highest BCUT2D eigenvalue weighted by atomic mass is 32.1. The van der Waals surface area contributed by atoms with Crippen molar-refractivity contribution in [3.8, 4) is 0 Å². The average Bonchev–Trinajstić information content (AvgIpc) is 3.19. The fraction of sp³-hybridized carbons (Fsp3) is 0.750. The minimum Gasteiger partial charge on any atom is -0.370 e. The minimum absolute atomic E-state index is 0.0516. The van der Waals surface area contributed by atoms with Crippen LogP contribution in [0.4, 0.5) is 0 Å². The van der Waals surface area contributed by atoms with Crippen LogP contribution in [0.3, 0.4) is 0 Å². The van der Waals surface area contributed by atoms with E-state index in [-0.39, 0.29) is 5.60 Å². The molecule has 1 saturated heterocycles. The molecule has 1 aromatic rings. The normalized spacial score (nSPS) is 34.5. The summed E-state index contributed by atoms with van der Waals surface area (Å²) in [5, 5.41) is 3.73. The smallest absolute Gasteiger partial charge is 0.0969 e. The van der Waals surface area contributed by atoms with Gasteiger partial charge in [0, 0.05) is 22.2 Å². The molecule has 1 saturated carbocycles. The summed E-state index contributed by atoms with van der Waals surface area (Å²) in [6.07, 6.45) is 7.49. The van der Waals surface area contributed by atoms with Gasteiger partial charge in [-0.1, -0.05) is 6.92 Å².